The summed E-state index contributed by atoms with van der Waals surface area (Å²) >= 11 is 0. The minimum Gasteiger partial charge on any atom is -0.454 e. The Balaban J connectivity index is 1.34. The molecular weight excluding hydrogens is 450 g/mol. The molecule has 0 amide bonds. The van der Waals surface area contributed by atoms with Crippen LogP contribution >= 0.6 is 0 Å². The van der Waals surface area contributed by atoms with Crippen molar-refractivity contribution in [2.45, 2.75) is 52.2 Å². The lowest BCUT2D eigenvalue weighted by molar-refractivity contribution is 0.174. The van der Waals surface area contributed by atoms with Gasteiger partial charge in [-0.15, -0.1) is 0 Å². The topological polar surface area (TPSA) is 46.0 Å². The van der Waals surface area contributed by atoms with Gasteiger partial charge in [0.1, 0.15) is 5.82 Å². The van der Waals surface area contributed by atoms with Crippen molar-refractivity contribution < 1.29 is 9.47 Å². The fourth-order valence-corrected chi connectivity index (χ4v) is 5.51. The van der Waals surface area contributed by atoms with E-state index in [1.54, 1.807) is 0 Å². The van der Waals surface area contributed by atoms with Gasteiger partial charge in [-0.05, 0) is 55.6 Å². The highest BCUT2D eigenvalue weighted by Crippen LogP contribution is 2.37. The molecule has 3 aromatic rings. The van der Waals surface area contributed by atoms with Crippen molar-refractivity contribution in [3.63, 3.8) is 0 Å². The maximum Gasteiger partial charge on any atom is 0.231 e. The van der Waals surface area contributed by atoms with E-state index in [1.165, 1.54) is 35.5 Å². The largest absolute Gasteiger partial charge is 0.454 e. The molecule has 3 aliphatic rings. The van der Waals surface area contributed by atoms with Gasteiger partial charge in [0.25, 0.3) is 0 Å². The van der Waals surface area contributed by atoms with Crippen molar-refractivity contribution in [2.75, 3.05) is 44.4 Å². The Morgan fingerprint density at radius 2 is 1.69 bits per heavy atom. The number of anilines is 1. The van der Waals surface area contributed by atoms with Crippen LogP contribution in [0.3, 0.4) is 0 Å². The van der Waals surface area contributed by atoms with Gasteiger partial charge in [-0.2, -0.15) is 5.10 Å². The lowest BCUT2D eigenvalue weighted by atomic mass is 10.1. The van der Waals surface area contributed by atoms with Crippen molar-refractivity contribution >= 4 is 5.82 Å². The van der Waals surface area contributed by atoms with Gasteiger partial charge in [-0.25, -0.2) is 4.68 Å². The van der Waals surface area contributed by atoms with Crippen LogP contribution in [0.1, 0.15) is 43.5 Å². The van der Waals surface area contributed by atoms with E-state index in [0.717, 1.165) is 69.4 Å². The van der Waals surface area contributed by atoms with Crippen LogP contribution in [0.5, 0.6) is 11.5 Å². The predicted octanol–water partition coefficient (Wildman–Crippen LogP) is 4.47. The molecule has 36 heavy (non-hydrogen) atoms. The van der Waals surface area contributed by atoms with E-state index >= 15 is 0 Å². The molecule has 2 aromatic carbocycles. The average Bonchev–Trinajstić information content (AvgIpc) is 3.56. The van der Waals surface area contributed by atoms with Gasteiger partial charge in [0, 0.05) is 50.9 Å². The van der Waals surface area contributed by atoms with E-state index in [2.05, 4.69) is 75.7 Å². The normalized spacial score (nSPS) is 17.8. The lowest BCUT2D eigenvalue weighted by Gasteiger charge is -2.36. The molecule has 190 valence electrons. The van der Waals surface area contributed by atoms with E-state index in [0.29, 0.717) is 12.8 Å². The first-order valence-corrected chi connectivity index (χ1v) is 13.5. The molecule has 3 heterocycles. The fourth-order valence-electron chi connectivity index (χ4n) is 5.51. The summed E-state index contributed by atoms with van der Waals surface area (Å²) < 4.78 is 13.4. The van der Waals surface area contributed by atoms with Crippen molar-refractivity contribution in [1.29, 1.82) is 0 Å². The molecular formula is C29H37N5O2. The molecule has 2 aliphatic heterocycles. The highest BCUT2D eigenvalue weighted by atomic mass is 16.7. The van der Waals surface area contributed by atoms with Crippen LogP contribution in [0.15, 0.2) is 48.5 Å². The number of hydrogen-bond donors (Lipinski definition) is 0. The number of fused-ring (bicyclic) bond motifs is 1. The maximum absolute atomic E-state index is 5.66. The molecule has 1 saturated carbocycles. The smallest absolute Gasteiger partial charge is 0.231 e. The van der Waals surface area contributed by atoms with Crippen LogP contribution in [-0.4, -0.2) is 65.1 Å². The zero-order valence-corrected chi connectivity index (χ0v) is 21.5. The molecule has 0 atom stereocenters. The number of hydrogen-bond acceptors (Lipinski definition) is 6. The Kier molecular flexibility index (Phi) is 6.59. The van der Waals surface area contributed by atoms with Gasteiger partial charge in [-0.3, -0.25) is 4.90 Å². The Labute approximate surface area is 214 Å². The third-order valence-corrected chi connectivity index (χ3v) is 7.74. The van der Waals surface area contributed by atoms with Gasteiger partial charge in [0.05, 0.1) is 11.4 Å². The summed E-state index contributed by atoms with van der Waals surface area (Å²) in [5.74, 6) is 3.00. The number of likely N-dealkylation sites (N-methyl/N-ethyl adjacent to an activating group) is 1. The first-order valence-electron chi connectivity index (χ1n) is 13.5. The van der Waals surface area contributed by atoms with Crippen molar-refractivity contribution in [1.82, 2.24) is 19.6 Å². The minimum atomic E-state index is 0.318. The number of piperazine rings is 1. The second-order valence-corrected chi connectivity index (χ2v) is 10.1. The van der Waals surface area contributed by atoms with Gasteiger partial charge in [0.15, 0.2) is 11.5 Å². The van der Waals surface area contributed by atoms with Crippen molar-refractivity contribution in [3.05, 3.63) is 65.4 Å². The monoisotopic (exact) mass is 487 g/mol. The summed E-state index contributed by atoms with van der Waals surface area (Å²) in [5.41, 5.74) is 5.01. The number of nitrogens with zero attached hydrogens (tertiary/aromatic N) is 5. The molecule has 2 fully saturated rings. The van der Waals surface area contributed by atoms with Crippen LogP contribution in [0, 0.1) is 0 Å². The summed E-state index contributed by atoms with van der Waals surface area (Å²) in [7, 11) is 0. The molecule has 6 rings (SSSR count). The van der Waals surface area contributed by atoms with Crippen molar-refractivity contribution in [2.24, 2.45) is 0 Å². The molecule has 0 radical (unpaired) electrons. The van der Waals surface area contributed by atoms with Crippen LogP contribution in [-0.2, 0) is 19.5 Å². The predicted molar refractivity (Wildman–Crippen MR) is 142 cm³/mol. The van der Waals surface area contributed by atoms with Gasteiger partial charge < -0.3 is 19.3 Å². The molecule has 0 bridgehead atoms. The summed E-state index contributed by atoms with van der Waals surface area (Å²) in [5, 5.41) is 5.20. The number of ether oxygens (including phenoxy) is 2. The second kappa shape index (κ2) is 10.1. The standard InChI is InChI=1S/C29H37N5O2/c1-3-26-25(20-33(23-11-12-23)19-22-10-13-27-28(18-22)36-21-35-27)29(32-16-14-31(4-2)15-17-32)34(30-26)24-8-6-5-7-9-24/h5-10,13,18,23H,3-4,11-12,14-17,19-21H2,1-2H3. The number of para-hydroxylation sites is 1. The molecule has 1 saturated heterocycles. The second-order valence-electron chi connectivity index (χ2n) is 10.1. The van der Waals surface area contributed by atoms with E-state index in [9.17, 15) is 0 Å². The van der Waals surface area contributed by atoms with E-state index in [-0.39, 0.29) is 0 Å². The number of aryl methyl sites for hydroxylation is 1. The zero-order chi connectivity index (χ0) is 24.5. The summed E-state index contributed by atoms with van der Waals surface area (Å²) in [4.78, 5) is 7.76. The van der Waals surface area contributed by atoms with Crippen LogP contribution < -0.4 is 14.4 Å². The SMILES string of the molecule is CCc1nn(-c2ccccc2)c(N2CCN(CC)CC2)c1CN(Cc1ccc2c(c1)OCO2)C1CC1. The molecule has 0 spiro atoms. The molecule has 0 unspecified atom stereocenters. The van der Waals surface area contributed by atoms with E-state index in [1.807, 2.05) is 6.07 Å². The van der Waals surface area contributed by atoms with Gasteiger partial charge in [-0.1, -0.05) is 38.1 Å². The van der Waals surface area contributed by atoms with Crippen LogP contribution in [0.25, 0.3) is 5.69 Å². The maximum atomic E-state index is 5.66. The Morgan fingerprint density at radius 1 is 0.917 bits per heavy atom. The molecule has 0 N–H and O–H groups in total. The Bertz CT molecular complexity index is 1180. The Morgan fingerprint density at radius 3 is 2.42 bits per heavy atom. The molecule has 1 aromatic heterocycles. The van der Waals surface area contributed by atoms with Crippen LogP contribution in [0.4, 0.5) is 5.82 Å². The number of rotatable bonds is 9. The third kappa shape index (κ3) is 4.70. The quantitative estimate of drug-likeness (QED) is 0.444. The summed E-state index contributed by atoms with van der Waals surface area (Å²) in [6.07, 6.45) is 3.46. The zero-order valence-electron chi connectivity index (χ0n) is 21.5. The van der Waals surface area contributed by atoms with E-state index < -0.39 is 0 Å². The molecule has 7 nitrogen and oxygen atoms in total. The molecule has 1 aliphatic carbocycles. The van der Waals surface area contributed by atoms with Crippen molar-refractivity contribution in [3.8, 4) is 17.2 Å². The third-order valence-electron chi connectivity index (χ3n) is 7.74. The number of benzene rings is 2. The number of aromatic nitrogens is 2. The van der Waals surface area contributed by atoms with Gasteiger partial charge >= 0.3 is 0 Å². The minimum absolute atomic E-state index is 0.318. The first kappa shape index (κ1) is 23.4. The van der Waals surface area contributed by atoms with Gasteiger partial charge in [0.2, 0.25) is 6.79 Å². The highest BCUT2D eigenvalue weighted by Gasteiger charge is 2.33. The summed E-state index contributed by atoms with van der Waals surface area (Å²) in [6.45, 7) is 12.0. The highest BCUT2D eigenvalue weighted by molar-refractivity contribution is 5.56. The van der Waals surface area contributed by atoms with Crippen LogP contribution in [0.2, 0.25) is 0 Å². The van der Waals surface area contributed by atoms with E-state index in [4.69, 9.17) is 14.6 Å². The summed E-state index contributed by atoms with van der Waals surface area (Å²) in [6, 6.07) is 17.7. The average molecular weight is 488 g/mol. The first-order chi connectivity index (χ1) is 17.7. The Hall–Kier alpha value is -3.03. The fraction of sp³-hybridized carbons (Fsp3) is 0.483. The lowest BCUT2D eigenvalue weighted by Crippen LogP contribution is -2.47. The molecule has 7 heteroatoms.